The van der Waals surface area contributed by atoms with Crippen molar-refractivity contribution < 1.29 is 14.3 Å². The first kappa shape index (κ1) is 22.7. The van der Waals surface area contributed by atoms with Crippen molar-refractivity contribution in [3.05, 3.63) is 95.0 Å². The molecule has 0 atom stereocenters. The zero-order valence-corrected chi connectivity index (χ0v) is 19.5. The van der Waals surface area contributed by atoms with Gasteiger partial charge in [-0.2, -0.15) is 0 Å². The predicted molar refractivity (Wildman–Crippen MR) is 133 cm³/mol. The first-order valence-electron chi connectivity index (χ1n) is 11.0. The quantitative estimate of drug-likeness (QED) is 0.397. The van der Waals surface area contributed by atoms with Gasteiger partial charge < -0.3 is 10.1 Å². The highest BCUT2D eigenvalue weighted by Crippen LogP contribution is 2.38. The van der Waals surface area contributed by atoms with Gasteiger partial charge in [0.2, 0.25) is 0 Å². The van der Waals surface area contributed by atoms with Crippen molar-refractivity contribution in [3.8, 4) is 5.75 Å². The van der Waals surface area contributed by atoms with Gasteiger partial charge in [-0.3, -0.25) is 9.59 Å². The fourth-order valence-corrected chi connectivity index (χ4v) is 4.51. The Hall–Kier alpha value is -3.51. The predicted octanol–water partition coefficient (Wildman–Crippen LogP) is 6.03. The summed E-state index contributed by atoms with van der Waals surface area (Å²) in [5.74, 6) is 0.0220. The van der Waals surface area contributed by atoms with Crippen molar-refractivity contribution in [2.75, 3.05) is 17.3 Å². The fourth-order valence-electron chi connectivity index (χ4n) is 3.57. The molecular formula is C27H26N2O3S. The molecule has 3 aromatic carbocycles. The van der Waals surface area contributed by atoms with E-state index in [1.54, 1.807) is 19.2 Å². The molecular weight excluding hydrogens is 432 g/mol. The lowest BCUT2D eigenvalue weighted by molar-refractivity contribution is -0.120. The Kier molecular flexibility index (Phi) is 7.15. The Balaban J connectivity index is 1.65. The van der Waals surface area contributed by atoms with E-state index in [4.69, 9.17) is 4.74 Å². The summed E-state index contributed by atoms with van der Waals surface area (Å²) in [7, 11) is 1.60. The second-order valence-corrected chi connectivity index (χ2v) is 8.77. The Morgan fingerprint density at radius 1 is 0.879 bits per heavy atom. The van der Waals surface area contributed by atoms with Crippen molar-refractivity contribution in [1.29, 1.82) is 0 Å². The molecule has 4 rings (SSSR count). The van der Waals surface area contributed by atoms with Crippen molar-refractivity contribution >= 4 is 35.0 Å². The van der Waals surface area contributed by atoms with Gasteiger partial charge in [-0.25, -0.2) is 4.90 Å². The Morgan fingerprint density at radius 2 is 1.58 bits per heavy atom. The maximum absolute atomic E-state index is 13.4. The second-order valence-electron chi connectivity index (χ2n) is 7.69. The van der Waals surface area contributed by atoms with E-state index in [1.165, 1.54) is 22.2 Å². The summed E-state index contributed by atoms with van der Waals surface area (Å²) in [6.07, 6.45) is 3.21. The summed E-state index contributed by atoms with van der Waals surface area (Å²) in [5, 5.41) is 3.17. The van der Waals surface area contributed by atoms with Crippen LogP contribution in [0.5, 0.6) is 5.75 Å². The molecule has 5 nitrogen and oxygen atoms in total. The second kappa shape index (κ2) is 10.4. The molecule has 1 heterocycles. The molecule has 0 aliphatic carbocycles. The molecule has 168 valence electrons. The molecule has 0 radical (unpaired) electrons. The summed E-state index contributed by atoms with van der Waals surface area (Å²) < 4.78 is 5.21. The number of hydrogen-bond donors (Lipinski definition) is 1. The number of nitrogens with one attached hydrogen (secondary N) is 1. The monoisotopic (exact) mass is 458 g/mol. The summed E-state index contributed by atoms with van der Waals surface area (Å²) in [5.41, 5.74) is 2.75. The van der Waals surface area contributed by atoms with Gasteiger partial charge in [0.15, 0.2) is 0 Å². The molecule has 6 heteroatoms. The van der Waals surface area contributed by atoms with Crippen LogP contribution < -0.4 is 15.0 Å². The van der Waals surface area contributed by atoms with Crippen molar-refractivity contribution in [2.45, 2.75) is 31.1 Å². The molecule has 0 saturated heterocycles. The van der Waals surface area contributed by atoms with Gasteiger partial charge >= 0.3 is 0 Å². The molecule has 0 spiro atoms. The third kappa shape index (κ3) is 5.12. The van der Waals surface area contributed by atoms with Crippen LogP contribution in [0.2, 0.25) is 0 Å². The number of amides is 2. The number of rotatable bonds is 9. The normalized spacial score (nSPS) is 13.6. The molecule has 0 bridgehead atoms. The zero-order valence-electron chi connectivity index (χ0n) is 18.7. The van der Waals surface area contributed by atoms with Gasteiger partial charge in [-0.05, 0) is 66.9 Å². The lowest BCUT2D eigenvalue weighted by atomic mass is 10.1. The van der Waals surface area contributed by atoms with E-state index < -0.39 is 0 Å². The lowest BCUT2D eigenvalue weighted by Crippen LogP contribution is -2.32. The number of anilines is 2. The molecule has 2 amide bonds. The number of carbonyl (C=O) groups excluding carboxylic acids is 2. The van der Waals surface area contributed by atoms with Crippen LogP contribution >= 0.6 is 11.8 Å². The maximum Gasteiger partial charge on any atom is 0.283 e. The molecule has 0 aromatic heterocycles. The van der Waals surface area contributed by atoms with Gasteiger partial charge in [0.1, 0.15) is 16.4 Å². The Morgan fingerprint density at radius 3 is 2.21 bits per heavy atom. The fraction of sp³-hybridized carbons (Fsp3) is 0.185. The third-order valence-corrected chi connectivity index (χ3v) is 6.47. The van der Waals surface area contributed by atoms with E-state index in [9.17, 15) is 9.59 Å². The van der Waals surface area contributed by atoms with Gasteiger partial charge in [0.25, 0.3) is 11.8 Å². The average Bonchev–Trinajstić information content (AvgIpc) is 3.08. The van der Waals surface area contributed by atoms with Crippen molar-refractivity contribution in [3.63, 3.8) is 0 Å². The number of aryl methyl sites for hydroxylation is 1. The lowest BCUT2D eigenvalue weighted by Gasteiger charge is -2.16. The van der Waals surface area contributed by atoms with Crippen molar-refractivity contribution in [1.82, 2.24) is 0 Å². The Labute approximate surface area is 198 Å². The number of hydrogen-bond acceptors (Lipinski definition) is 5. The standard InChI is InChI=1S/C27H26N2O3S/c1-3-4-8-19-11-15-21(16-12-19)29-26(30)24(28-20-13-17-22(32-2)18-14-20)25(27(29)31)33-23-9-6-5-7-10-23/h5-7,9-18,28H,3-4,8H2,1-2H3. The topological polar surface area (TPSA) is 58.6 Å². The first-order chi connectivity index (χ1) is 16.1. The summed E-state index contributed by atoms with van der Waals surface area (Å²) in [6.45, 7) is 2.16. The highest BCUT2D eigenvalue weighted by atomic mass is 32.2. The molecule has 33 heavy (non-hydrogen) atoms. The molecule has 0 unspecified atom stereocenters. The molecule has 0 fully saturated rings. The summed E-state index contributed by atoms with van der Waals surface area (Å²) in [6, 6.07) is 24.5. The highest BCUT2D eigenvalue weighted by molar-refractivity contribution is 8.04. The van der Waals surface area contributed by atoms with E-state index in [2.05, 4.69) is 12.2 Å². The summed E-state index contributed by atoms with van der Waals surface area (Å²) in [4.78, 5) is 29.4. The minimum absolute atomic E-state index is 0.272. The molecule has 1 aliphatic heterocycles. The maximum atomic E-state index is 13.4. The number of unbranched alkanes of at least 4 members (excludes halogenated alkanes) is 1. The highest BCUT2D eigenvalue weighted by Gasteiger charge is 2.40. The van der Waals surface area contributed by atoms with Gasteiger partial charge in [0, 0.05) is 10.6 Å². The summed E-state index contributed by atoms with van der Waals surface area (Å²) >= 11 is 1.29. The van der Waals surface area contributed by atoms with Gasteiger partial charge in [-0.1, -0.05) is 55.4 Å². The van der Waals surface area contributed by atoms with E-state index in [0.717, 1.165) is 24.2 Å². The Bertz CT molecular complexity index is 1160. The number of benzene rings is 3. The van der Waals surface area contributed by atoms with Crippen LogP contribution in [0.25, 0.3) is 0 Å². The smallest absolute Gasteiger partial charge is 0.283 e. The zero-order chi connectivity index (χ0) is 23.2. The molecule has 1 N–H and O–H groups in total. The van der Waals surface area contributed by atoms with E-state index >= 15 is 0 Å². The van der Waals surface area contributed by atoms with Gasteiger partial charge in [-0.15, -0.1) is 0 Å². The van der Waals surface area contributed by atoms with Crippen molar-refractivity contribution in [2.24, 2.45) is 0 Å². The SMILES string of the molecule is CCCCc1ccc(N2C(=O)C(Nc3ccc(OC)cc3)=C(Sc3ccccc3)C2=O)cc1. The minimum Gasteiger partial charge on any atom is -0.497 e. The van der Waals surface area contributed by atoms with Crippen LogP contribution in [0.3, 0.4) is 0 Å². The van der Waals surface area contributed by atoms with Crippen LogP contribution in [0.4, 0.5) is 11.4 Å². The van der Waals surface area contributed by atoms with Crippen LogP contribution in [-0.4, -0.2) is 18.9 Å². The number of imide groups is 1. The van der Waals surface area contributed by atoms with Crippen LogP contribution in [-0.2, 0) is 16.0 Å². The van der Waals surface area contributed by atoms with Crippen LogP contribution in [0.1, 0.15) is 25.3 Å². The van der Waals surface area contributed by atoms with E-state index in [1.807, 2.05) is 66.7 Å². The minimum atomic E-state index is -0.365. The number of methoxy groups -OCH3 is 1. The molecule has 1 aliphatic rings. The number of nitrogens with zero attached hydrogens (tertiary/aromatic N) is 1. The van der Waals surface area contributed by atoms with E-state index in [-0.39, 0.29) is 17.5 Å². The van der Waals surface area contributed by atoms with E-state index in [0.29, 0.717) is 22.0 Å². The third-order valence-electron chi connectivity index (χ3n) is 5.38. The molecule has 0 saturated carbocycles. The van der Waals surface area contributed by atoms with Gasteiger partial charge in [0.05, 0.1) is 12.8 Å². The van der Waals surface area contributed by atoms with Crippen LogP contribution in [0, 0.1) is 0 Å². The number of ether oxygens (including phenoxy) is 1. The number of carbonyl (C=O) groups is 2. The average molecular weight is 459 g/mol. The molecule has 3 aromatic rings. The number of thioether (sulfide) groups is 1. The van der Waals surface area contributed by atoms with Crippen LogP contribution in [0.15, 0.2) is 94.4 Å². The largest absolute Gasteiger partial charge is 0.497 e. The first-order valence-corrected chi connectivity index (χ1v) is 11.8.